The Morgan fingerprint density at radius 2 is 1.69 bits per heavy atom. The molecule has 6 heteroatoms. The summed E-state index contributed by atoms with van der Waals surface area (Å²) in [6.45, 7) is 10.2. The molecule has 0 amide bonds. The minimum Gasteiger partial charge on any atom is -0.356 e. The molecule has 0 bridgehead atoms. The summed E-state index contributed by atoms with van der Waals surface area (Å²) in [7, 11) is 0. The van der Waals surface area contributed by atoms with Gasteiger partial charge >= 0.3 is 0 Å². The third-order valence-corrected chi connectivity index (χ3v) is 6.49. The van der Waals surface area contributed by atoms with Crippen LogP contribution in [-0.4, -0.2) is 57.4 Å². The minimum atomic E-state index is 0.794. The molecule has 1 aliphatic carbocycles. The number of anilines is 1. The average molecular weight is 352 g/mol. The van der Waals surface area contributed by atoms with E-state index in [4.69, 9.17) is 0 Å². The van der Waals surface area contributed by atoms with Crippen molar-refractivity contribution in [1.29, 1.82) is 0 Å². The SMILES string of the molecule is Cc1cc(C)n(-c2cc(N3CC4CN(CC5CCC5)CC4C3)ncn2)n1. The molecule has 5 rings (SSSR count). The standard InChI is InChI=1S/C20H28N6/c1-14-6-15(2)26(23-14)20-7-19(21-13-22-20)25-11-17-9-24(10-18(17)12-25)8-16-4-3-5-16/h6-7,13,16-18H,3-5,8-12H2,1-2H3. The molecular formula is C20H28N6. The summed E-state index contributed by atoms with van der Waals surface area (Å²) in [5, 5.41) is 4.56. The fraction of sp³-hybridized carbons (Fsp3) is 0.650. The van der Waals surface area contributed by atoms with Crippen LogP contribution in [0, 0.1) is 31.6 Å². The molecule has 2 unspecified atom stereocenters. The van der Waals surface area contributed by atoms with Gasteiger partial charge in [0.25, 0.3) is 0 Å². The van der Waals surface area contributed by atoms with Crippen molar-refractivity contribution in [3.63, 3.8) is 0 Å². The van der Waals surface area contributed by atoms with Gasteiger partial charge in [-0.1, -0.05) is 6.42 Å². The number of fused-ring (bicyclic) bond motifs is 1. The van der Waals surface area contributed by atoms with Crippen LogP contribution < -0.4 is 4.90 Å². The molecule has 2 saturated heterocycles. The second-order valence-electron chi connectivity index (χ2n) is 8.51. The molecule has 3 aliphatic rings. The molecule has 0 aromatic carbocycles. The monoisotopic (exact) mass is 352 g/mol. The first kappa shape index (κ1) is 16.2. The van der Waals surface area contributed by atoms with Gasteiger partial charge < -0.3 is 9.80 Å². The van der Waals surface area contributed by atoms with Gasteiger partial charge in [-0.25, -0.2) is 14.6 Å². The molecule has 0 N–H and O–H groups in total. The van der Waals surface area contributed by atoms with Crippen molar-refractivity contribution < 1.29 is 0 Å². The molecule has 4 heterocycles. The highest BCUT2D eigenvalue weighted by Crippen LogP contribution is 2.36. The second kappa shape index (κ2) is 6.34. The molecule has 2 atom stereocenters. The van der Waals surface area contributed by atoms with Gasteiger partial charge in [-0.05, 0) is 50.5 Å². The third kappa shape index (κ3) is 2.90. The fourth-order valence-corrected chi connectivity index (χ4v) is 4.95. The van der Waals surface area contributed by atoms with Crippen LogP contribution in [0.4, 0.5) is 5.82 Å². The highest BCUT2D eigenvalue weighted by Gasteiger charge is 2.41. The Kier molecular flexibility index (Phi) is 3.96. The summed E-state index contributed by atoms with van der Waals surface area (Å²) in [6, 6.07) is 4.17. The molecule has 6 nitrogen and oxygen atoms in total. The summed E-state index contributed by atoms with van der Waals surface area (Å²) in [4.78, 5) is 14.2. The predicted molar refractivity (Wildman–Crippen MR) is 102 cm³/mol. The van der Waals surface area contributed by atoms with E-state index in [1.165, 1.54) is 38.9 Å². The lowest BCUT2D eigenvalue weighted by Crippen LogP contribution is -2.34. The van der Waals surface area contributed by atoms with E-state index in [9.17, 15) is 0 Å². The molecule has 2 aromatic rings. The molecule has 1 saturated carbocycles. The Bertz CT molecular complexity index is 781. The van der Waals surface area contributed by atoms with Crippen LogP contribution in [-0.2, 0) is 0 Å². The summed E-state index contributed by atoms with van der Waals surface area (Å²) in [5.74, 6) is 4.48. The van der Waals surface area contributed by atoms with Crippen LogP contribution in [0.3, 0.4) is 0 Å². The molecule has 138 valence electrons. The number of hydrogen-bond acceptors (Lipinski definition) is 5. The van der Waals surface area contributed by atoms with Gasteiger partial charge in [0, 0.05) is 44.5 Å². The molecule has 3 fully saturated rings. The predicted octanol–water partition coefficient (Wildman–Crippen LogP) is 2.45. The second-order valence-corrected chi connectivity index (χ2v) is 8.51. The van der Waals surface area contributed by atoms with Crippen molar-refractivity contribution in [2.24, 2.45) is 17.8 Å². The first-order valence-electron chi connectivity index (χ1n) is 9.98. The van der Waals surface area contributed by atoms with Gasteiger partial charge in [0.2, 0.25) is 0 Å². The number of aromatic nitrogens is 4. The molecule has 2 aliphatic heterocycles. The summed E-state index contributed by atoms with van der Waals surface area (Å²) in [6.07, 6.45) is 6.03. The minimum absolute atomic E-state index is 0.794. The maximum atomic E-state index is 4.56. The van der Waals surface area contributed by atoms with Crippen molar-refractivity contribution in [3.8, 4) is 5.82 Å². The zero-order chi connectivity index (χ0) is 17.7. The average Bonchev–Trinajstić information content (AvgIpc) is 3.23. The first-order valence-corrected chi connectivity index (χ1v) is 9.98. The zero-order valence-electron chi connectivity index (χ0n) is 15.8. The van der Waals surface area contributed by atoms with Crippen molar-refractivity contribution in [1.82, 2.24) is 24.6 Å². The quantitative estimate of drug-likeness (QED) is 0.846. The molecular weight excluding hydrogens is 324 g/mol. The van der Waals surface area contributed by atoms with Crippen LogP contribution in [0.5, 0.6) is 0 Å². The Balaban J connectivity index is 1.27. The van der Waals surface area contributed by atoms with Crippen molar-refractivity contribution >= 4 is 5.82 Å². The lowest BCUT2D eigenvalue weighted by molar-refractivity contribution is 0.197. The van der Waals surface area contributed by atoms with Crippen LogP contribution in [0.25, 0.3) is 5.82 Å². The maximum Gasteiger partial charge on any atom is 0.159 e. The number of likely N-dealkylation sites (tertiary alicyclic amines) is 1. The molecule has 0 spiro atoms. The van der Waals surface area contributed by atoms with E-state index in [1.807, 2.05) is 11.6 Å². The van der Waals surface area contributed by atoms with Gasteiger partial charge in [0.15, 0.2) is 5.82 Å². The van der Waals surface area contributed by atoms with Gasteiger partial charge in [-0.2, -0.15) is 5.10 Å². The zero-order valence-corrected chi connectivity index (χ0v) is 15.8. The maximum absolute atomic E-state index is 4.56. The number of nitrogens with zero attached hydrogens (tertiary/aromatic N) is 6. The van der Waals surface area contributed by atoms with Crippen molar-refractivity contribution in [2.45, 2.75) is 33.1 Å². The van der Waals surface area contributed by atoms with Crippen molar-refractivity contribution in [2.75, 3.05) is 37.6 Å². The van der Waals surface area contributed by atoms with Crippen LogP contribution in [0.15, 0.2) is 18.5 Å². The molecule has 2 aromatic heterocycles. The summed E-state index contributed by atoms with van der Waals surface area (Å²) >= 11 is 0. The van der Waals surface area contributed by atoms with E-state index >= 15 is 0 Å². The smallest absolute Gasteiger partial charge is 0.159 e. The summed E-state index contributed by atoms with van der Waals surface area (Å²) < 4.78 is 1.91. The first-order chi connectivity index (χ1) is 12.7. The van der Waals surface area contributed by atoms with E-state index in [0.29, 0.717) is 0 Å². The van der Waals surface area contributed by atoms with Crippen molar-refractivity contribution in [3.05, 3.63) is 29.8 Å². The number of rotatable bonds is 4. The van der Waals surface area contributed by atoms with E-state index in [2.05, 4.69) is 43.9 Å². The molecule has 26 heavy (non-hydrogen) atoms. The number of hydrogen-bond donors (Lipinski definition) is 0. The highest BCUT2D eigenvalue weighted by molar-refractivity contribution is 5.45. The van der Waals surface area contributed by atoms with Gasteiger partial charge in [-0.15, -0.1) is 0 Å². The Morgan fingerprint density at radius 1 is 0.962 bits per heavy atom. The van der Waals surface area contributed by atoms with E-state index in [1.54, 1.807) is 6.33 Å². The van der Waals surface area contributed by atoms with Crippen LogP contribution in [0.1, 0.15) is 30.7 Å². The van der Waals surface area contributed by atoms with Gasteiger partial charge in [0.1, 0.15) is 12.1 Å². The Hall–Kier alpha value is -1.95. The lowest BCUT2D eigenvalue weighted by Gasteiger charge is -2.31. The Labute approximate surface area is 155 Å². The summed E-state index contributed by atoms with van der Waals surface area (Å²) in [5.41, 5.74) is 2.13. The lowest BCUT2D eigenvalue weighted by atomic mass is 9.85. The topological polar surface area (TPSA) is 50.1 Å². The van der Waals surface area contributed by atoms with E-state index < -0.39 is 0 Å². The van der Waals surface area contributed by atoms with E-state index in [-0.39, 0.29) is 0 Å². The van der Waals surface area contributed by atoms with E-state index in [0.717, 1.165) is 53.9 Å². The third-order valence-electron chi connectivity index (χ3n) is 6.49. The normalized spacial score (nSPS) is 26.3. The number of aryl methyl sites for hydroxylation is 2. The highest BCUT2D eigenvalue weighted by atomic mass is 15.3. The van der Waals surface area contributed by atoms with Gasteiger partial charge in [-0.3, -0.25) is 0 Å². The fourth-order valence-electron chi connectivity index (χ4n) is 4.95. The largest absolute Gasteiger partial charge is 0.356 e. The molecule has 0 radical (unpaired) electrons. The van der Waals surface area contributed by atoms with Crippen LogP contribution in [0.2, 0.25) is 0 Å². The van der Waals surface area contributed by atoms with Gasteiger partial charge in [0.05, 0.1) is 5.69 Å². The van der Waals surface area contributed by atoms with Crippen LogP contribution >= 0.6 is 0 Å². The Morgan fingerprint density at radius 3 is 2.31 bits per heavy atom.